The lowest BCUT2D eigenvalue weighted by molar-refractivity contribution is -0.116. The van der Waals surface area contributed by atoms with Gasteiger partial charge >= 0.3 is 0 Å². The van der Waals surface area contributed by atoms with E-state index in [-0.39, 0.29) is 5.91 Å². The minimum Gasteiger partial charge on any atom is -0.493 e. The van der Waals surface area contributed by atoms with Gasteiger partial charge in [0.2, 0.25) is 5.91 Å². The fraction of sp³-hybridized carbons (Fsp3) is 0.474. The third-order valence-electron chi connectivity index (χ3n) is 4.43. The van der Waals surface area contributed by atoms with Crippen LogP contribution in [0.25, 0.3) is 0 Å². The summed E-state index contributed by atoms with van der Waals surface area (Å²) >= 11 is 1.46. The second-order valence-electron chi connectivity index (χ2n) is 6.38. The van der Waals surface area contributed by atoms with Crippen molar-refractivity contribution in [3.05, 3.63) is 40.4 Å². The third kappa shape index (κ3) is 5.27. The first-order chi connectivity index (χ1) is 12.6. The first-order valence-corrected chi connectivity index (χ1v) is 9.73. The second-order valence-corrected chi connectivity index (χ2v) is 7.24. The molecule has 0 spiro atoms. The Bertz CT molecular complexity index is 741. The van der Waals surface area contributed by atoms with E-state index in [0.29, 0.717) is 18.2 Å². The van der Waals surface area contributed by atoms with Crippen molar-refractivity contribution in [2.24, 2.45) is 0 Å². The summed E-state index contributed by atoms with van der Waals surface area (Å²) in [7, 11) is 0. The van der Waals surface area contributed by atoms with Crippen LogP contribution in [0.15, 0.2) is 23.6 Å². The monoisotopic (exact) mass is 375 g/mol. The summed E-state index contributed by atoms with van der Waals surface area (Å²) in [6, 6.07) is 5.94. The summed E-state index contributed by atoms with van der Waals surface area (Å²) in [5.41, 5.74) is 3.28. The summed E-state index contributed by atoms with van der Waals surface area (Å²) in [6.07, 6.45) is 0.297. The van der Waals surface area contributed by atoms with Crippen LogP contribution in [0.1, 0.15) is 23.2 Å². The van der Waals surface area contributed by atoms with Gasteiger partial charge in [-0.1, -0.05) is 12.1 Å². The molecule has 0 bridgehead atoms. The van der Waals surface area contributed by atoms with E-state index in [9.17, 15) is 4.79 Å². The van der Waals surface area contributed by atoms with Gasteiger partial charge in [0, 0.05) is 25.0 Å². The number of hydrogen-bond donors (Lipinski definition) is 1. The number of aromatic nitrogens is 1. The lowest BCUT2D eigenvalue weighted by atomic mass is 10.1. The summed E-state index contributed by atoms with van der Waals surface area (Å²) < 4.78 is 11.1. The van der Waals surface area contributed by atoms with Crippen LogP contribution in [0.5, 0.6) is 5.75 Å². The highest BCUT2D eigenvalue weighted by Gasteiger charge is 2.13. The van der Waals surface area contributed by atoms with Gasteiger partial charge in [-0.25, -0.2) is 4.98 Å². The van der Waals surface area contributed by atoms with Crippen molar-refractivity contribution in [3.63, 3.8) is 0 Å². The number of aryl methyl sites for hydroxylation is 1. The Labute approximate surface area is 158 Å². The number of rotatable bonds is 7. The number of ether oxygens (including phenoxy) is 2. The highest BCUT2D eigenvalue weighted by molar-refractivity contribution is 7.13. The predicted octanol–water partition coefficient (Wildman–Crippen LogP) is 3.00. The van der Waals surface area contributed by atoms with Crippen molar-refractivity contribution in [2.45, 2.75) is 26.8 Å². The zero-order valence-electron chi connectivity index (χ0n) is 15.3. The Balaban J connectivity index is 1.42. The zero-order valence-corrected chi connectivity index (χ0v) is 16.1. The number of nitrogens with zero attached hydrogens (tertiary/aromatic N) is 2. The predicted molar refractivity (Wildman–Crippen MR) is 103 cm³/mol. The van der Waals surface area contributed by atoms with Gasteiger partial charge in [0.25, 0.3) is 0 Å². The van der Waals surface area contributed by atoms with E-state index in [1.807, 2.05) is 37.4 Å². The quantitative estimate of drug-likeness (QED) is 0.806. The van der Waals surface area contributed by atoms with Gasteiger partial charge in [-0.05, 0) is 31.0 Å². The molecule has 1 N–H and O–H groups in total. The molecule has 1 aromatic heterocycles. The number of carbonyl (C=O) groups is 1. The molecule has 6 nitrogen and oxygen atoms in total. The first-order valence-electron chi connectivity index (χ1n) is 8.85. The molecule has 0 saturated carbocycles. The first kappa shape index (κ1) is 18.8. The average molecular weight is 375 g/mol. The van der Waals surface area contributed by atoms with Crippen molar-refractivity contribution >= 4 is 22.4 Å². The maximum absolute atomic E-state index is 12.1. The Morgan fingerprint density at radius 3 is 2.96 bits per heavy atom. The molecule has 3 rings (SSSR count). The van der Waals surface area contributed by atoms with E-state index < -0.39 is 0 Å². The summed E-state index contributed by atoms with van der Waals surface area (Å²) in [5.74, 6) is 0.752. The smallest absolute Gasteiger partial charge is 0.229 e. The van der Waals surface area contributed by atoms with Crippen LogP contribution in [-0.2, 0) is 16.1 Å². The van der Waals surface area contributed by atoms with Gasteiger partial charge in [0.05, 0.1) is 31.9 Å². The van der Waals surface area contributed by atoms with Gasteiger partial charge in [0.1, 0.15) is 5.75 Å². The molecule has 1 fully saturated rings. The largest absolute Gasteiger partial charge is 0.493 e. The number of hydrogen-bond acceptors (Lipinski definition) is 6. The lowest BCUT2D eigenvalue weighted by Crippen LogP contribution is -2.35. The summed E-state index contributed by atoms with van der Waals surface area (Å²) in [5, 5.41) is 5.50. The van der Waals surface area contributed by atoms with E-state index in [0.717, 1.165) is 49.9 Å². The number of amides is 1. The van der Waals surface area contributed by atoms with E-state index in [1.54, 1.807) is 0 Å². The normalized spacial score (nSPS) is 15.0. The Morgan fingerprint density at radius 1 is 1.35 bits per heavy atom. The van der Waals surface area contributed by atoms with Crippen LogP contribution in [0.2, 0.25) is 0 Å². The number of morpholine rings is 1. The zero-order chi connectivity index (χ0) is 18.4. The van der Waals surface area contributed by atoms with Crippen LogP contribution in [-0.4, -0.2) is 48.7 Å². The molecule has 140 valence electrons. The average Bonchev–Trinajstić information content (AvgIpc) is 3.06. The number of anilines is 1. The van der Waals surface area contributed by atoms with Gasteiger partial charge in [-0.3, -0.25) is 9.69 Å². The molecular formula is C19H25N3O3S. The lowest BCUT2D eigenvalue weighted by Gasteiger charge is -2.25. The Hall–Kier alpha value is -1.96. The number of benzene rings is 1. The minimum atomic E-state index is -0.0809. The summed E-state index contributed by atoms with van der Waals surface area (Å²) in [4.78, 5) is 18.9. The maximum atomic E-state index is 12.1. The molecule has 2 heterocycles. The third-order valence-corrected chi connectivity index (χ3v) is 5.24. The van der Waals surface area contributed by atoms with E-state index in [4.69, 9.17) is 9.47 Å². The number of thiazole rings is 1. The molecule has 0 radical (unpaired) electrons. The van der Waals surface area contributed by atoms with Gasteiger partial charge < -0.3 is 14.8 Å². The molecule has 1 aliphatic rings. The van der Waals surface area contributed by atoms with Crippen LogP contribution in [0, 0.1) is 13.8 Å². The highest BCUT2D eigenvalue weighted by Crippen LogP contribution is 2.21. The minimum absolute atomic E-state index is 0.0809. The Morgan fingerprint density at radius 2 is 2.15 bits per heavy atom. The van der Waals surface area contributed by atoms with E-state index in [2.05, 4.69) is 15.2 Å². The summed E-state index contributed by atoms with van der Waals surface area (Å²) in [6.45, 7) is 8.61. The van der Waals surface area contributed by atoms with Crippen LogP contribution in [0.4, 0.5) is 5.13 Å². The molecule has 1 saturated heterocycles. The van der Waals surface area contributed by atoms with Gasteiger partial charge in [-0.2, -0.15) is 0 Å². The molecule has 0 atom stereocenters. The molecule has 1 amide bonds. The fourth-order valence-electron chi connectivity index (χ4n) is 2.74. The fourth-order valence-corrected chi connectivity index (χ4v) is 3.46. The molecule has 0 unspecified atom stereocenters. The molecule has 1 aliphatic heterocycles. The molecule has 0 aliphatic carbocycles. The molecule has 26 heavy (non-hydrogen) atoms. The van der Waals surface area contributed by atoms with Crippen molar-refractivity contribution < 1.29 is 14.3 Å². The molecule has 7 heteroatoms. The van der Waals surface area contributed by atoms with Gasteiger partial charge in [-0.15, -0.1) is 11.3 Å². The highest BCUT2D eigenvalue weighted by atomic mass is 32.1. The van der Waals surface area contributed by atoms with Crippen molar-refractivity contribution in [1.29, 1.82) is 0 Å². The molecule has 2 aromatic rings. The standard InChI is InChI=1S/C19H25N3O3S/c1-14-4-3-5-17(15(14)2)25-9-6-18(23)21-19-20-16(13-26-19)12-22-7-10-24-11-8-22/h3-5,13H,6-12H2,1-2H3,(H,20,21,23). The van der Waals surface area contributed by atoms with Crippen molar-refractivity contribution in [3.8, 4) is 5.75 Å². The van der Waals surface area contributed by atoms with E-state index >= 15 is 0 Å². The SMILES string of the molecule is Cc1cccc(OCCC(=O)Nc2nc(CN3CCOCC3)cs2)c1C. The Kier molecular flexibility index (Phi) is 6.60. The number of carbonyl (C=O) groups excluding carboxylic acids is 1. The van der Waals surface area contributed by atoms with Crippen LogP contribution < -0.4 is 10.1 Å². The maximum Gasteiger partial charge on any atom is 0.229 e. The topological polar surface area (TPSA) is 63.7 Å². The molecule has 1 aromatic carbocycles. The van der Waals surface area contributed by atoms with Crippen molar-refractivity contribution in [1.82, 2.24) is 9.88 Å². The van der Waals surface area contributed by atoms with Gasteiger partial charge in [0.15, 0.2) is 5.13 Å². The van der Waals surface area contributed by atoms with Crippen LogP contribution in [0.3, 0.4) is 0 Å². The van der Waals surface area contributed by atoms with E-state index in [1.165, 1.54) is 16.9 Å². The number of nitrogens with one attached hydrogen (secondary N) is 1. The van der Waals surface area contributed by atoms with Crippen molar-refractivity contribution in [2.75, 3.05) is 38.2 Å². The molecular weight excluding hydrogens is 350 g/mol. The van der Waals surface area contributed by atoms with Crippen LogP contribution >= 0.6 is 11.3 Å². The second kappa shape index (κ2) is 9.12.